The molecule has 0 aliphatic carbocycles. The minimum atomic E-state index is -0.264. The number of likely N-dealkylation sites (tertiary alicyclic amines) is 1. The number of hydrogen-bond donors (Lipinski definition) is 0. The molecule has 0 spiro atoms. The van der Waals surface area contributed by atoms with Crippen molar-refractivity contribution in [3.8, 4) is 5.75 Å². The summed E-state index contributed by atoms with van der Waals surface area (Å²) >= 11 is 3.17. The van der Waals surface area contributed by atoms with Gasteiger partial charge >= 0.3 is 0 Å². The molecule has 1 aliphatic heterocycles. The highest BCUT2D eigenvalue weighted by Crippen LogP contribution is 2.19. The maximum atomic E-state index is 12.7. The van der Waals surface area contributed by atoms with E-state index in [2.05, 4.69) is 15.9 Å². The van der Waals surface area contributed by atoms with Gasteiger partial charge in [-0.15, -0.1) is 0 Å². The first-order valence-electron chi connectivity index (χ1n) is 5.95. The zero-order valence-corrected chi connectivity index (χ0v) is 11.5. The van der Waals surface area contributed by atoms with Gasteiger partial charge in [-0.3, -0.25) is 4.79 Å². The fraction of sp³-hybridized carbons (Fsp3) is 0.462. The highest BCUT2D eigenvalue weighted by molar-refractivity contribution is 9.09. The fourth-order valence-electron chi connectivity index (χ4n) is 2.01. The summed E-state index contributed by atoms with van der Waals surface area (Å²) in [6.45, 7) is 1.44. The van der Waals surface area contributed by atoms with Gasteiger partial charge < -0.3 is 9.64 Å². The van der Waals surface area contributed by atoms with E-state index >= 15 is 0 Å². The molecule has 18 heavy (non-hydrogen) atoms. The van der Waals surface area contributed by atoms with Gasteiger partial charge in [-0.2, -0.15) is 0 Å². The summed E-state index contributed by atoms with van der Waals surface area (Å²) in [4.78, 5) is 13.3. The van der Waals surface area contributed by atoms with E-state index in [1.54, 1.807) is 12.1 Å². The van der Waals surface area contributed by atoms with Gasteiger partial charge in [-0.1, -0.05) is 15.9 Å². The van der Waals surface area contributed by atoms with Crippen molar-refractivity contribution >= 4 is 21.8 Å². The number of alkyl halides is 1. The number of carbonyl (C=O) groups is 1. The normalized spacial score (nSPS) is 16.7. The van der Waals surface area contributed by atoms with Gasteiger partial charge in [-0.05, 0) is 24.3 Å². The molecule has 0 N–H and O–H groups in total. The lowest BCUT2D eigenvalue weighted by Crippen LogP contribution is -2.42. The first-order valence-corrected chi connectivity index (χ1v) is 7.07. The van der Waals surface area contributed by atoms with E-state index in [0.29, 0.717) is 11.1 Å². The molecule has 5 heteroatoms. The van der Waals surface area contributed by atoms with Gasteiger partial charge in [0.2, 0.25) is 5.91 Å². The minimum Gasteiger partial charge on any atom is -0.490 e. The number of nitrogens with zero attached hydrogens (tertiary/aromatic N) is 1. The molecule has 1 saturated heterocycles. The van der Waals surface area contributed by atoms with E-state index in [-0.39, 0.29) is 17.8 Å². The zero-order chi connectivity index (χ0) is 13.0. The lowest BCUT2D eigenvalue weighted by atomic mass is 10.1. The van der Waals surface area contributed by atoms with Crippen molar-refractivity contribution in [2.45, 2.75) is 18.9 Å². The first-order chi connectivity index (χ1) is 8.69. The Balaban J connectivity index is 1.83. The molecule has 1 fully saturated rings. The molecular weight excluding hydrogens is 301 g/mol. The molecule has 0 bridgehead atoms. The van der Waals surface area contributed by atoms with Crippen LogP contribution in [0.1, 0.15) is 12.8 Å². The Kier molecular flexibility index (Phi) is 4.58. The second kappa shape index (κ2) is 6.18. The lowest BCUT2D eigenvalue weighted by Gasteiger charge is -2.31. The van der Waals surface area contributed by atoms with E-state index in [9.17, 15) is 9.18 Å². The van der Waals surface area contributed by atoms with Crippen LogP contribution in [-0.2, 0) is 4.79 Å². The van der Waals surface area contributed by atoms with Crippen LogP contribution in [-0.4, -0.2) is 35.3 Å². The highest BCUT2D eigenvalue weighted by atomic mass is 79.9. The lowest BCUT2D eigenvalue weighted by molar-refractivity contribution is -0.130. The number of amides is 1. The quantitative estimate of drug-likeness (QED) is 0.802. The maximum Gasteiger partial charge on any atom is 0.233 e. The van der Waals surface area contributed by atoms with E-state index in [4.69, 9.17) is 4.74 Å². The van der Waals surface area contributed by atoms with Crippen LogP contribution in [0.15, 0.2) is 24.3 Å². The first kappa shape index (κ1) is 13.3. The average molecular weight is 316 g/mol. The standard InChI is InChI=1S/C13H15BrFNO2/c14-9-13(17)16-7-5-12(6-8-16)18-11-3-1-10(15)2-4-11/h1-4,12H,5-9H2. The molecule has 0 saturated carbocycles. The summed E-state index contributed by atoms with van der Waals surface area (Å²) in [6, 6.07) is 6.04. The minimum absolute atomic E-state index is 0.106. The van der Waals surface area contributed by atoms with Crippen LogP contribution in [0.2, 0.25) is 0 Å². The number of carbonyl (C=O) groups excluding carboxylic acids is 1. The van der Waals surface area contributed by atoms with Gasteiger partial charge in [0.05, 0.1) is 5.33 Å². The predicted molar refractivity (Wildman–Crippen MR) is 70.4 cm³/mol. The van der Waals surface area contributed by atoms with Crippen LogP contribution in [0, 0.1) is 5.82 Å². The molecule has 3 nitrogen and oxygen atoms in total. The van der Waals surface area contributed by atoms with Gasteiger partial charge in [0.1, 0.15) is 17.7 Å². The Morgan fingerprint density at radius 1 is 1.33 bits per heavy atom. The number of rotatable bonds is 3. The van der Waals surface area contributed by atoms with Gasteiger partial charge in [-0.25, -0.2) is 4.39 Å². The molecular formula is C13H15BrFNO2. The molecule has 0 atom stereocenters. The zero-order valence-electron chi connectivity index (χ0n) is 9.94. The number of ether oxygens (including phenoxy) is 1. The third kappa shape index (κ3) is 3.45. The molecule has 1 aromatic rings. The third-order valence-electron chi connectivity index (χ3n) is 3.03. The Hall–Kier alpha value is -1.10. The molecule has 1 aliphatic rings. The van der Waals surface area contributed by atoms with E-state index < -0.39 is 0 Å². The monoisotopic (exact) mass is 315 g/mol. The molecule has 1 amide bonds. The van der Waals surface area contributed by atoms with Crippen LogP contribution in [0.4, 0.5) is 4.39 Å². The molecule has 1 heterocycles. The van der Waals surface area contributed by atoms with Gasteiger partial charge in [0, 0.05) is 25.9 Å². The van der Waals surface area contributed by atoms with Crippen LogP contribution < -0.4 is 4.74 Å². The third-order valence-corrected chi connectivity index (χ3v) is 3.51. The molecule has 0 unspecified atom stereocenters. The van der Waals surface area contributed by atoms with E-state index in [1.165, 1.54) is 12.1 Å². The predicted octanol–water partition coefficient (Wildman–Crippen LogP) is 2.59. The second-order valence-electron chi connectivity index (χ2n) is 4.29. The van der Waals surface area contributed by atoms with Crippen molar-refractivity contribution < 1.29 is 13.9 Å². The number of piperidine rings is 1. The Morgan fingerprint density at radius 2 is 1.94 bits per heavy atom. The van der Waals surface area contributed by atoms with Crippen molar-refractivity contribution in [3.05, 3.63) is 30.1 Å². The van der Waals surface area contributed by atoms with Crippen LogP contribution in [0.25, 0.3) is 0 Å². The fourth-order valence-corrected chi connectivity index (χ4v) is 2.37. The summed E-state index contributed by atoms with van der Waals surface area (Å²) < 4.78 is 18.5. The van der Waals surface area contributed by atoms with Crippen molar-refractivity contribution in [1.82, 2.24) is 4.90 Å². The molecule has 98 valence electrons. The number of benzene rings is 1. The van der Waals surface area contributed by atoms with Crippen molar-refractivity contribution in [2.24, 2.45) is 0 Å². The summed E-state index contributed by atoms with van der Waals surface area (Å²) in [5.41, 5.74) is 0. The smallest absolute Gasteiger partial charge is 0.233 e. The number of halogens is 2. The summed E-state index contributed by atoms with van der Waals surface area (Å²) in [6.07, 6.45) is 1.74. The Morgan fingerprint density at radius 3 is 2.50 bits per heavy atom. The van der Waals surface area contributed by atoms with Crippen molar-refractivity contribution in [3.63, 3.8) is 0 Å². The summed E-state index contributed by atoms with van der Waals surface area (Å²) in [5, 5.41) is 0.372. The SMILES string of the molecule is O=C(CBr)N1CCC(Oc2ccc(F)cc2)CC1. The molecule has 1 aromatic carbocycles. The second-order valence-corrected chi connectivity index (χ2v) is 4.85. The maximum absolute atomic E-state index is 12.7. The van der Waals surface area contributed by atoms with E-state index in [0.717, 1.165) is 25.9 Å². The van der Waals surface area contributed by atoms with Gasteiger partial charge in [0.25, 0.3) is 0 Å². The molecule has 0 aromatic heterocycles. The van der Waals surface area contributed by atoms with Crippen LogP contribution in [0.3, 0.4) is 0 Å². The summed E-state index contributed by atoms with van der Waals surface area (Å²) in [7, 11) is 0. The van der Waals surface area contributed by atoms with Gasteiger partial charge in [0.15, 0.2) is 0 Å². The molecule has 2 rings (SSSR count). The summed E-state index contributed by atoms with van der Waals surface area (Å²) in [5.74, 6) is 0.539. The Bertz CT molecular complexity index is 402. The van der Waals surface area contributed by atoms with Crippen LogP contribution in [0.5, 0.6) is 5.75 Å². The van der Waals surface area contributed by atoms with Crippen LogP contribution >= 0.6 is 15.9 Å². The molecule has 0 radical (unpaired) electrons. The Labute approximate surface area is 114 Å². The highest BCUT2D eigenvalue weighted by Gasteiger charge is 2.23. The average Bonchev–Trinajstić information content (AvgIpc) is 2.41. The topological polar surface area (TPSA) is 29.5 Å². The van der Waals surface area contributed by atoms with E-state index in [1.807, 2.05) is 4.90 Å². The van der Waals surface area contributed by atoms with Crippen molar-refractivity contribution in [2.75, 3.05) is 18.4 Å². The largest absolute Gasteiger partial charge is 0.490 e. The van der Waals surface area contributed by atoms with Crippen molar-refractivity contribution in [1.29, 1.82) is 0 Å². The number of hydrogen-bond acceptors (Lipinski definition) is 2.